The van der Waals surface area contributed by atoms with E-state index < -0.39 is 10.0 Å². The van der Waals surface area contributed by atoms with Crippen LogP contribution in [-0.4, -0.2) is 29.7 Å². The Hall–Kier alpha value is -1.37. The number of rotatable bonds is 5. The van der Waals surface area contributed by atoms with Gasteiger partial charge in [-0.3, -0.25) is 0 Å². The van der Waals surface area contributed by atoms with Gasteiger partial charge in [-0.2, -0.15) is 4.31 Å². The monoisotopic (exact) mass is 313 g/mol. The largest absolute Gasteiger partial charge is 0.332 e. The van der Waals surface area contributed by atoms with E-state index >= 15 is 0 Å². The Labute approximate surface area is 123 Å². The van der Waals surface area contributed by atoms with Gasteiger partial charge in [0.25, 0.3) is 10.0 Å². The van der Waals surface area contributed by atoms with Crippen LogP contribution in [0.4, 0.5) is 0 Å². The average Bonchev–Trinajstić information content (AvgIpc) is 2.90. The molecule has 0 aliphatic heterocycles. The Morgan fingerprint density at radius 2 is 1.95 bits per heavy atom. The normalized spacial score (nSPS) is 12.0. The standard InChI is InChI=1S/C13H16ClN3O2S/c1-3-12-15-8-13(16-12)20(18,19)17(2)9-10-4-6-11(14)7-5-10/h4-8H,3,9H2,1-2H3,(H,15,16). The number of sulfonamides is 1. The molecule has 1 aromatic heterocycles. The summed E-state index contributed by atoms with van der Waals surface area (Å²) in [6.45, 7) is 2.19. The summed E-state index contributed by atoms with van der Waals surface area (Å²) in [4.78, 5) is 6.84. The number of aromatic amines is 1. The van der Waals surface area contributed by atoms with E-state index in [1.807, 2.05) is 6.92 Å². The Morgan fingerprint density at radius 1 is 1.30 bits per heavy atom. The van der Waals surface area contributed by atoms with Crippen molar-refractivity contribution < 1.29 is 8.42 Å². The van der Waals surface area contributed by atoms with Crippen molar-refractivity contribution in [2.45, 2.75) is 24.9 Å². The number of hydrogen-bond acceptors (Lipinski definition) is 3. The number of H-pyrrole nitrogens is 1. The SMILES string of the molecule is CCc1ncc(S(=O)(=O)N(C)Cc2ccc(Cl)cc2)[nH]1. The minimum absolute atomic E-state index is 0.116. The number of nitrogens with zero attached hydrogens (tertiary/aromatic N) is 2. The number of benzene rings is 1. The highest BCUT2D eigenvalue weighted by atomic mass is 35.5. The number of halogens is 1. The summed E-state index contributed by atoms with van der Waals surface area (Å²) >= 11 is 5.81. The summed E-state index contributed by atoms with van der Waals surface area (Å²) in [5.41, 5.74) is 0.871. The molecule has 0 bridgehead atoms. The lowest BCUT2D eigenvalue weighted by atomic mass is 10.2. The molecule has 5 nitrogen and oxygen atoms in total. The van der Waals surface area contributed by atoms with Crippen molar-refractivity contribution in [3.63, 3.8) is 0 Å². The molecule has 0 amide bonds. The first-order valence-electron chi connectivity index (χ1n) is 6.18. The second-order valence-corrected chi connectivity index (χ2v) is 6.88. The molecule has 1 aromatic carbocycles. The van der Waals surface area contributed by atoms with E-state index in [0.29, 0.717) is 17.3 Å². The molecule has 0 unspecified atom stereocenters. The number of imidazole rings is 1. The summed E-state index contributed by atoms with van der Waals surface area (Å²) in [6.07, 6.45) is 2.02. The van der Waals surface area contributed by atoms with Crippen molar-refractivity contribution in [3.8, 4) is 0 Å². The summed E-state index contributed by atoms with van der Waals surface area (Å²) in [6, 6.07) is 7.09. The molecule has 0 spiro atoms. The molecular formula is C13H16ClN3O2S. The van der Waals surface area contributed by atoms with Crippen LogP contribution in [0.15, 0.2) is 35.5 Å². The first-order chi connectivity index (χ1) is 9.43. The Bertz CT molecular complexity index is 680. The van der Waals surface area contributed by atoms with Crippen LogP contribution in [0.5, 0.6) is 0 Å². The topological polar surface area (TPSA) is 66.1 Å². The minimum atomic E-state index is -3.55. The van der Waals surface area contributed by atoms with E-state index in [-0.39, 0.29) is 11.6 Å². The van der Waals surface area contributed by atoms with E-state index in [0.717, 1.165) is 5.56 Å². The van der Waals surface area contributed by atoms with E-state index in [4.69, 9.17) is 11.6 Å². The maximum atomic E-state index is 12.4. The van der Waals surface area contributed by atoms with Gasteiger partial charge in [0.15, 0.2) is 5.03 Å². The Balaban J connectivity index is 2.18. The first kappa shape index (κ1) is 15.0. The summed E-state index contributed by atoms with van der Waals surface area (Å²) in [5.74, 6) is 0.656. The molecule has 2 aromatic rings. The molecule has 0 fully saturated rings. The molecule has 0 radical (unpaired) electrons. The van der Waals surface area contributed by atoms with Crippen LogP contribution in [0.25, 0.3) is 0 Å². The first-order valence-corrected chi connectivity index (χ1v) is 8.00. The number of aryl methyl sites for hydroxylation is 1. The van der Waals surface area contributed by atoms with Crippen LogP contribution < -0.4 is 0 Å². The fourth-order valence-electron chi connectivity index (χ4n) is 1.75. The van der Waals surface area contributed by atoms with Crippen molar-refractivity contribution in [2.75, 3.05) is 7.05 Å². The zero-order valence-electron chi connectivity index (χ0n) is 11.3. The third-order valence-corrected chi connectivity index (χ3v) is 4.91. The molecule has 1 N–H and O–H groups in total. The maximum Gasteiger partial charge on any atom is 0.260 e. The van der Waals surface area contributed by atoms with Crippen LogP contribution in [0, 0.1) is 0 Å². The second kappa shape index (κ2) is 5.95. The van der Waals surface area contributed by atoms with Gasteiger partial charge in [0.2, 0.25) is 0 Å². The fourth-order valence-corrected chi connectivity index (χ4v) is 2.97. The summed E-state index contributed by atoms with van der Waals surface area (Å²) < 4.78 is 26.0. The van der Waals surface area contributed by atoms with Gasteiger partial charge < -0.3 is 4.98 Å². The molecule has 108 valence electrons. The molecule has 0 aliphatic rings. The highest BCUT2D eigenvalue weighted by Gasteiger charge is 2.23. The Kier molecular flexibility index (Phi) is 4.47. The van der Waals surface area contributed by atoms with Gasteiger partial charge in [0, 0.05) is 25.0 Å². The maximum absolute atomic E-state index is 12.4. The van der Waals surface area contributed by atoms with Gasteiger partial charge in [-0.05, 0) is 17.7 Å². The van der Waals surface area contributed by atoms with Crippen molar-refractivity contribution >= 4 is 21.6 Å². The molecule has 2 rings (SSSR count). The van der Waals surface area contributed by atoms with E-state index in [9.17, 15) is 8.42 Å². The molecule has 0 saturated carbocycles. The number of hydrogen-bond donors (Lipinski definition) is 1. The van der Waals surface area contributed by atoms with Crippen molar-refractivity contribution in [1.82, 2.24) is 14.3 Å². The van der Waals surface area contributed by atoms with Crippen LogP contribution in [0.1, 0.15) is 18.3 Å². The van der Waals surface area contributed by atoms with Gasteiger partial charge >= 0.3 is 0 Å². The second-order valence-electron chi connectivity index (χ2n) is 4.44. The smallest absolute Gasteiger partial charge is 0.260 e. The summed E-state index contributed by atoms with van der Waals surface area (Å²) in [7, 11) is -2.02. The van der Waals surface area contributed by atoms with Gasteiger partial charge in [0.1, 0.15) is 5.82 Å². The van der Waals surface area contributed by atoms with Crippen LogP contribution >= 0.6 is 11.6 Å². The van der Waals surface area contributed by atoms with Crippen molar-refractivity contribution in [3.05, 3.63) is 46.9 Å². The predicted molar refractivity (Wildman–Crippen MR) is 78.1 cm³/mol. The highest BCUT2D eigenvalue weighted by Crippen LogP contribution is 2.16. The lowest BCUT2D eigenvalue weighted by molar-refractivity contribution is 0.464. The number of nitrogens with one attached hydrogen (secondary N) is 1. The van der Waals surface area contributed by atoms with E-state index in [1.165, 1.54) is 17.5 Å². The zero-order chi connectivity index (χ0) is 14.8. The molecule has 0 atom stereocenters. The quantitative estimate of drug-likeness (QED) is 0.922. The average molecular weight is 314 g/mol. The summed E-state index contributed by atoms with van der Waals surface area (Å²) in [5, 5.41) is 0.742. The zero-order valence-corrected chi connectivity index (χ0v) is 12.9. The van der Waals surface area contributed by atoms with Crippen LogP contribution in [0.2, 0.25) is 5.02 Å². The molecule has 1 heterocycles. The molecule has 0 saturated heterocycles. The van der Waals surface area contributed by atoms with Gasteiger partial charge in [-0.25, -0.2) is 13.4 Å². The fraction of sp³-hybridized carbons (Fsp3) is 0.308. The third-order valence-electron chi connectivity index (χ3n) is 2.95. The van der Waals surface area contributed by atoms with E-state index in [2.05, 4.69) is 9.97 Å². The highest BCUT2D eigenvalue weighted by molar-refractivity contribution is 7.89. The lowest BCUT2D eigenvalue weighted by Crippen LogP contribution is -2.26. The minimum Gasteiger partial charge on any atom is -0.332 e. The number of aromatic nitrogens is 2. The van der Waals surface area contributed by atoms with Crippen LogP contribution in [-0.2, 0) is 23.0 Å². The van der Waals surface area contributed by atoms with Gasteiger partial charge in [-0.1, -0.05) is 30.7 Å². The molecule has 0 aliphatic carbocycles. The molecule has 7 heteroatoms. The predicted octanol–water partition coefficient (Wildman–Crippen LogP) is 2.45. The van der Waals surface area contributed by atoms with Crippen molar-refractivity contribution in [2.24, 2.45) is 0 Å². The van der Waals surface area contributed by atoms with Gasteiger partial charge in [0.05, 0.1) is 6.20 Å². The molecular weight excluding hydrogens is 298 g/mol. The van der Waals surface area contributed by atoms with Gasteiger partial charge in [-0.15, -0.1) is 0 Å². The van der Waals surface area contributed by atoms with E-state index in [1.54, 1.807) is 24.3 Å². The lowest BCUT2D eigenvalue weighted by Gasteiger charge is -2.16. The van der Waals surface area contributed by atoms with Crippen LogP contribution in [0.3, 0.4) is 0 Å². The third kappa shape index (κ3) is 3.20. The molecule has 20 heavy (non-hydrogen) atoms. The van der Waals surface area contributed by atoms with Crippen molar-refractivity contribution in [1.29, 1.82) is 0 Å². The Morgan fingerprint density at radius 3 is 2.50 bits per heavy atom.